The lowest BCUT2D eigenvalue weighted by atomic mass is 9.98. The zero-order valence-electron chi connectivity index (χ0n) is 12.8. The maximum atomic E-state index is 8.91. The Morgan fingerprint density at radius 2 is 1.29 bits per heavy atom. The average molecular weight is 292 g/mol. The number of aliphatic hydroxyl groups is 3. The Labute approximate surface area is 128 Å². The van der Waals surface area contributed by atoms with E-state index in [-0.39, 0.29) is 17.6 Å². The van der Waals surface area contributed by atoms with Crippen molar-refractivity contribution >= 4 is 0 Å². The molecule has 21 heavy (non-hydrogen) atoms. The highest BCUT2D eigenvalue weighted by atomic mass is 16.3. The molecule has 0 aromatic rings. The van der Waals surface area contributed by atoms with Crippen molar-refractivity contribution < 1.29 is 15.3 Å². The molecule has 1 saturated carbocycles. The molecule has 1 aliphatic carbocycles. The fraction of sp³-hybridized carbons (Fsp3) is 0.333. The van der Waals surface area contributed by atoms with Crippen molar-refractivity contribution in [1.82, 2.24) is 0 Å². The van der Waals surface area contributed by atoms with E-state index in [9.17, 15) is 0 Å². The summed E-state index contributed by atoms with van der Waals surface area (Å²) in [4.78, 5) is 0. The fourth-order valence-corrected chi connectivity index (χ4v) is 1.35. The van der Waals surface area contributed by atoms with Crippen LogP contribution in [0.4, 0.5) is 0 Å². The molecule has 0 amide bonds. The minimum atomic E-state index is 0.0185. The number of rotatable bonds is 4. The first-order valence-corrected chi connectivity index (χ1v) is 6.89. The minimum Gasteiger partial charge on any atom is -0.509 e. The van der Waals surface area contributed by atoms with Gasteiger partial charge in [-0.1, -0.05) is 64.3 Å². The summed E-state index contributed by atoms with van der Waals surface area (Å²) < 4.78 is 0. The summed E-state index contributed by atoms with van der Waals surface area (Å²) in [7, 11) is 0. The van der Waals surface area contributed by atoms with Gasteiger partial charge in [0.1, 0.15) is 11.5 Å². The second-order valence-corrected chi connectivity index (χ2v) is 4.59. The Morgan fingerprint density at radius 1 is 0.810 bits per heavy atom. The van der Waals surface area contributed by atoms with Crippen LogP contribution in [-0.2, 0) is 0 Å². The zero-order valence-corrected chi connectivity index (χ0v) is 12.8. The molecule has 3 nitrogen and oxygen atoms in total. The molecule has 1 aliphatic rings. The second kappa shape index (κ2) is 14.4. The van der Waals surface area contributed by atoms with Gasteiger partial charge in [-0.05, 0) is 30.6 Å². The van der Waals surface area contributed by atoms with Gasteiger partial charge >= 0.3 is 0 Å². The molecule has 0 spiro atoms. The monoisotopic (exact) mass is 292 g/mol. The van der Waals surface area contributed by atoms with Crippen LogP contribution < -0.4 is 0 Å². The molecule has 1 fully saturated rings. The molecule has 0 bridgehead atoms. The van der Waals surface area contributed by atoms with E-state index < -0.39 is 0 Å². The van der Waals surface area contributed by atoms with Crippen LogP contribution >= 0.6 is 0 Å². The van der Waals surface area contributed by atoms with E-state index in [1.807, 2.05) is 0 Å². The Balaban J connectivity index is 0. The first kappa shape index (κ1) is 21.3. The van der Waals surface area contributed by atoms with Crippen molar-refractivity contribution in [2.75, 3.05) is 0 Å². The quantitative estimate of drug-likeness (QED) is 0.509. The van der Waals surface area contributed by atoms with Crippen molar-refractivity contribution in [3.05, 3.63) is 74.3 Å². The molecule has 0 unspecified atom stereocenters. The fourth-order valence-electron chi connectivity index (χ4n) is 1.35. The van der Waals surface area contributed by atoms with E-state index in [0.717, 1.165) is 18.4 Å². The Morgan fingerprint density at radius 3 is 1.52 bits per heavy atom. The van der Waals surface area contributed by atoms with E-state index in [4.69, 9.17) is 15.3 Å². The third kappa shape index (κ3) is 20.5. The summed E-state index contributed by atoms with van der Waals surface area (Å²) in [5.74, 6) is 0.0444. The molecule has 1 rings (SSSR count). The standard InChI is InChI=1S/C8H10O.C6H12O.C4H6O/c1-4-7(2)5-6-8(3)9;7-6-4-2-1-3-5-6;1-3-4(2)5/h4-6,9H,1-3H2;6-7H,1-5H2;3,5H,1-2H2/b6-5-;;. The highest BCUT2D eigenvalue weighted by molar-refractivity contribution is 5.28. The van der Waals surface area contributed by atoms with Crippen LogP contribution in [0.15, 0.2) is 74.3 Å². The molecule has 118 valence electrons. The lowest BCUT2D eigenvalue weighted by molar-refractivity contribution is 0.130. The van der Waals surface area contributed by atoms with E-state index in [2.05, 4.69) is 32.9 Å². The van der Waals surface area contributed by atoms with Gasteiger partial charge in [0.2, 0.25) is 0 Å². The summed E-state index contributed by atoms with van der Waals surface area (Å²) in [6.07, 6.45) is 11.9. The van der Waals surface area contributed by atoms with Gasteiger partial charge in [0.15, 0.2) is 0 Å². The van der Waals surface area contributed by atoms with E-state index in [1.165, 1.54) is 31.4 Å². The van der Waals surface area contributed by atoms with Crippen LogP contribution in [0.25, 0.3) is 0 Å². The van der Waals surface area contributed by atoms with Gasteiger partial charge in [-0.3, -0.25) is 0 Å². The second-order valence-electron chi connectivity index (χ2n) is 4.59. The van der Waals surface area contributed by atoms with E-state index >= 15 is 0 Å². The SMILES string of the molecule is C=CC(=C)/C=C\C(=C)O.C=CC(=C)O.OC1CCCCC1. The number of hydrogen-bond acceptors (Lipinski definition) is 3. The Bertz CT molecular complexity index is 372. The lowest BCUT2D eigenvalue weighted by Gasteiger charge is -2.14. The molecule has 3 heteroatoms. The van der Waals surface area contributed by atoms with Gasteiger partial charge < -0.3 is 15.3 Å². The van der Waals surface area contributed by atoms with E-state index in [1.54, 1.807) is 12.2 Å². The summed E-state index contributed by atoms with van der Waals surface area (Å²) in [6.45, 7) is 16.6. The van der Waals surface area contributed by atoms with Gasteiger partial charge in [-0.25, -0.2) is 0 Å². The normalized spacial score (nSPS) is 14.0. The van der Waals surface area contributed by atoms with Gasteiger partial charge in [0, 0.05) is 0 Å². The molecule has 0 aliphatic heterocycles. The summed E-state index contributed by atoms with van der Waals surface area (Å²) in [5, 5.41) is 25.5. The summed E-state index contributed by atoms with van der Waals surface area (Å²) in [5.41, 5.74) is 0.755. The van der Waals surface area contributed by atoms with Gasteiger partial charge in [-0.2, -0.15) is 0 Å². The van der Waals surface area contributed by atoms with Crippen molar-refractivity contribution in [2.45, 2.75) is 38.2 Å². The molecule has 0 atom stereocenters. The van der Waals surface area contributed by atoms with Crippen LogP contribution in [0.3, 0.4) is 0 Å². The summed E-state index contributed by atoms with van der Waals surface area (Å²) in [6, 6.07) is 0. The maximum Gasteiger partial charge on any atom is 0.108 e. The molecule has 0 saturated heterocycles. The highest BCUT2D eigenvalue weighted by Crippen LogP contribution is 2.16. The molecular formula is C18H28O3. The summed E-state index contributed by atoms with van der Waals surface area (Å²) >= 11 is 0. The van der Waals surface area contributed by atoms with Crippen molar-refractivity contribution in [3.8, 4) is 0 Å². The molecule has 0 radical (unpaired) electrons. The molecule has 0 heterocycles. The predicted octanol–water partition coefficient (Wildman–Crippen LogP) is 4.91. The molecule has 0 aromatic heterocycles. The molecule has 3 N–H and O–H groups in total. The van der Waals surface area contributed by atoms with Crippen molar-refractivity contribution in [2.24, 2.45) is 0 Å². The third-order valence-corrected chi connectivity index (χ3v) is 2.56. The Kier molecular flexibility index (Phi) is 14.6. The largest absolute Gasteiger partial charge is 0.509 e. The zero-order chi connectivity index (χ0) is 16.7. The predicted molar refractivity (Wildman–Crippen MR) is 91.3 cm³/mol. The average Bonchev–Trinajstić information content (AvgIpc) is 2.46. The highest BCUT2D eigenvalue weighted by Gasteiger charge is 2.07. The van der Waals surface area contributed by atoms with Crippen LogP contribution in [-0.4, -0.2) is 21.4 Å². The van der Waals surface area contributed by atoms with E-state index in [0.29, 0.717) is 0 Å². The lowest BCUT2D eigenvalue weighted by Crippen LogP contribution is -2.09. The number of aliphatic hydroxyl groups excluding tert-OH is 3. The Hall–Kier alpha value is -2.00. The van der Waals surface area contributed by atoms with Crippen LogP contribution in [0.2, 0.25) is 0 Å². The maximum absolute atomic E-state index is 8.91. The number of allylic oxidation sites excluding steroid dienone is 5. The van der Waals surface area contributed by atoms with Gasteiger partial charge in [0.05, 0.1) is 6.10 Å². The topological polar surface area (TPSA) is 60.7 Å². The smallest absolute Gasteiger partial charge is 0.108 e. The van der Waals surface area contributed by atoms with Crippen LogP contribution in [0, 0.1) is 0 Å². The molecule has 0 aromatic carbocycles. The van der Waals surface area contributed by atoms with Crippen molar-refractivity contribution in [3.63, 3.8) is 0 Å². The molecular weight excluding hydrogens is 264 g/mol. The van der Waals surface area contributed by atoms with Crippen LogP contribution in [0.5, 0.6) is 0 Å². The first-order chi connectivity index (χ1) is 9.83. The number of hydrogen-bond donors (Lipinski definition) is 3. The van der Waals surface area contributed by atoms with Crippen LogP contribution in [0.1, 0.15) is 32.1 Å². The van der Waals surface area contributed by atoms with Gasteiger partial charge in [0.25, 0.3) is 0 Å². The first-order valence-electron chi connectivity index (χ1n) is 6.89. The van der Waals surface area contributed by atoms with Gasteiger partial charge in [-0.15, -0.1) is 0 Å². The minimum absolute atomic E-state index is 0.0185. The van der Waals surface area contributed by atoms with Crippen molar-refractivity contribution in [1.29, 1.82) is 0 Å². The third-order valence-electron chi connectivity index (χ3n) is 2.56.